The van der Waals surface area contributed by atoms with Gasteiger partial charge in [-0.2, -0.15) is 0 Å². The molecule has 2 aromatic rings. The molecule has 6 heteroatoms. The molecular formula is C16H15FO4S. The Balaban J connectivity index is 2.16. The summed E-state index contributed by atoms with van der Waals surface area (Å²) in [5.74, 6) is -0.628. The molecule has 116 valence electrons. The number of ether oxygens (including phenoxy) is 2. The van der Waals surface area contributed by atoms with Crippen LogP contribution in [0.5, 0.6) is 11.5 Å². The minimum Gasteiger partial charge on any atom is -0.490 e. The lowest BCUT2D eigenvalue weighted by Gasteiger charge is -2.12. The van der Waals surface area contributed by atoms with Crippen molar-refractivity contribution in [3.63, 3.8) is 0 Å². The Kier molecular flexibility index (Phi) is 5.27. The molecule has 0 amide bonds. The van der Waals surface area contributed by atoms with E-state index in [0.29, 0.717) is 6.29 Å². The summed E-state index contributed by atoms with van der Waals surface area (Å²) in [6.45, 7) is 0.201. The van der Waals surface area contributed by atoms with Crippen molar-refractivity contribution in [2.75, 3.05) is 13.4 Å². The summed E-state index contributed by atoms with van der Waals surface area (Å²) in [5, 5.41) is 0. The van der Waals surface area contributed by atoms with Crippen LogP contribution in [0.3, 0.4) is 0 Å². The van der Waals surface area contributed by atoms with Crippen LogP contribution < -0.4 is 9.47 Å². The van der Waals surface area contributed by atoms with Gasteiger partial charge in [0.15, 0.2) is 23.6 Å². The largest absolute Gasteiger partial charge is 0.490 e. The molecular weight excluding hydrogens is 307 g/mol. The van der Waals surface area contributed by atoms with Gasteiger partial charge in [-0.05, 0) is 29.8 Å². The van der Waals surface area contributed by atoms with E-state index in [-0.39, 0.29) is 23.7 Å². The predicted octanol–water partition coefficient (Wildman–Crippen LogP) is 2.96. The quantitative estimate of drug-likeness (QED) is 0.767. The predicted molar refractivity (Wildman–Crippen MR) is 81.4 cm³/mol. The van der Waals surface area contributed by atoms with E-state index in [1.54, 1.807) is 30.5 Å². The van der Waals surface area contributed by atoms with Gasteiger partial charge >= 0.3 is 0 Å². The number of carbonyl (C=O) groups is 1. The van der Waals surface area contributed by atoms with Gasteiger partial charge in [0.05, 0.1) is 12.7 Å². The maximum atomic E-state index is 13.9. The van der Waals surface area contributed by atoms with Crippen LogP contribution in [-0.4, -0.2) is 23.9 Å². The average Bonchev–Trinajstić information content (AvgIpc) is 2.53. The first-order chi connectivity index (χ1) is 10.6. The summed E-state index contributed by atoms with van der Waals surface area (Å²) in [6.07, 6.45) is 2.03. The van der Waals surface area contributed by atoms with Gasteiger partial charge in [0.1, 0.15) is 6.61 Å². The minimum absolute atomic E-state index is 0.0843. The summed E-state index contributed by atoms with van der Waals surface area (Å²) in [5.41, 5.74) is 0.759. The van der Waals surface area contributed by atoms with Crippen LogP contribution in [0.25, 0.3) is 0 Å². The maximum absolute atomic E-state index is 13.9. The Morgan fingerprint density at radius 1 is 1.18 bits per heavy atom. The van der Waals surface area contributed by atoms with Crippen molar-refractivity contribution in [1.82, 2.24) is 0 Å². The van der Waals surface area contributed by atoms with Crippen LogP contribution in [0.2, 0.25) is 0 Å². The van der Waals surface area contributed by atoms with E-state index >= 15 is 0 Å². The Bertz CT molecular complexity index is 698. The number of methoxy groups -OCH3 is 1. The molecule has 4 nitrogen and oxygen atoms in total. The van der Waals surface area contributed by atoms with Gasteiger partial charge in [0.2, 0.25) is 0 Å². The molecule has 1 unspecified atom stereocenters. The molecule has 0 saturated carbocycles. The number of carbonyl (C=O) groups excluding carboxylic acids is 1. The Morgan fingerprint density at radius 2 is 1.86 bits per heavy atom. The van der Waals surface area contributed by atoms with Crippen molar-refractivity contribution in [3.8, 4) is 11.5 Å². The topological polar surface area (TPSA) is 52.6 Å². The second kappa shape index (κ2) is 7.17. The average molecular weight is 322 g/mol. The summed E-state index contributed by atoms with van der Waals surface area (Å²) < 4.78 is 35.7. The van der Waals surface area contributed by atoms with Crippen LogP contribution in [0.15, 0.2) is 41.3 Å². The second-order valence-electron chi connectivity index (χ2n) is 4.50. The molecule has 0 aliphatic rings. The van der Waals surface area contributed by atoms with Crippen molar-refractivity contribution in [1.29, 1.82) is 0 Å². The molecule has 0 fully saturated rings. The summed E-state index contributed by atoms with van der Waals surface area (Å²) in [7, 11) is 0.278. The lowest BCUT2D eigenvalue weighted by atomic mass is 10.2. The number of rotatable bonds is 6. The minimum atomic E-state index is -1.03. The lowest BCUT2D eigenvalue weighted by Crippen LogP contribution is -2.01. The first kappa shape index (κ1) is 16.2. The van der Waals surface area contributed by atoms with E-state index in [1.165, 1.54) is 19.2 Å². The number of benzene rings is 2. The molecule has 0 radical (unpaired) electrons. The highest BCUT2D eigenvalue weighted by Crippen LogP contribution is 2.32. The molecule has 0 spiro atoms. The zero-order chi connectivity index (χ0) is 16.1. The van der Waals surface area contributed by atoms with Crippen LogP contribution in [-0.2, 0) is 17.4 Å². The van der Waals surface area contributed by atoms with Gasteiger partial charge in [0, 0.05) is 22.0 Å². The van der Waals surface area contributed by atoms with Crippen molar-refractivity contribution < 1.29 is 22.9 Å². The van der Waals surface area contributed by atoms with Crippen LogP contribution in [0.4, 0.5) is 4.39 Å². The SMILES string of the molecule is COc1c(OCc2ccc(S(C)=O)cc2)ccc(C=O)c1F. The lowest BCUT2D eigenvalue weighted by molar-refractivity contribution is 0.111. The zero-order valence-corrected chi connectivity index (χ0v) is 13.0. The number of hydrogen-bond donors (Lipinski definition) is 0. The van der Waals surface area contributed by atoms with Crippen LogP contribution in [0.1, 0.15) is 15.9 Å². The number of halogens is 1. The molecule has 0 heterocycles. The van der Waals surface area contributed by atoms with Gasteiger partial charge in [-0.15, -0.1) is 0 Å². The third-order valence-electron chi connectivity index (χ3n) is 3.07. The second-order valence-corrected chi connectivity index (χ2v) is 5.88. The number of aldehydes is 1. The first-order valence-corrected chi connectivity index (χ1v) is 7.99. The fourth-order valence-corrected chi connectivity index (χ4v) is 2.41. The summed E-state index contributed by atoms with van der Waals surface area (Å²) in [4.78, 5) is 11.4. The van der Waals surface area contributed by atoms with Crippen molar-refractivity contribution >= 4 is 17.1 Å². The van der Waals surface area contributed by atoms with E-state index in [9.17, 15) is 13.4 Å². The van der Waals surface area contributed by atoms with E-state index < -0.39 is 16.6 Å². The van der Waals surface area contributed by atoms with Crippen molar-refractivity contribution in [2.45, 2.75) is 11.5 Å². The van der Waals surface area contributed by atoms with E-state index in [1.807, 2.05) is 0 Å². The van der Waals surface area contributed by atoms with Gasteiger partial charge in [0.25, 0.3) is 0 Å². The van der Waals surface area contributed by atoms with Crippen LogP contribution >= 0.6 is 0 Å². The fraction of sp³-hybridized carbons (Fsp3) is 0.188. The molecule has 1 atom stereocenters. The molecule has 0 saturated heterocycles. The summed E-state index contributed by atoms with van der Waals surface area (Å²) in [6, 6.07) is 9.91. The zero-order valence-electron chi connectivity index (χ0n) is 12.2. The smallest absolute Gasteiger partial charge is 0.197 e. The van der Waals surface area contributed by atoms with E-state index in [2.05, 4.69) is 0 Å². The normalized spacial score (nSPS) is 11.8. The maximum Gasteiger partial charge on any atom is 0.197 e. The van der Waals surface area contributed by atoms with Gasteiger partial charge in [-0.3, -0.25) is 9.00 Å². The standard InChI is InChI=1S/C16H15FO4S/c1-20-16-14(8-5-12(9-18)15(16)17)21-10-11-3-6-13(7-4-11)22(2)19/h3-9H,10H2,1-2H3. The monoisotopic (exact) mass is 322 g/mol. The fourth-order valence-electron chi connectivity index (χ4n) is 1.89. The highest BCUT2D eigenvalue weighted by atomic mass is 32.2. The van der Waals surface area contributed by atoms with Gasteiger partial charge < -0.3 is 9.47 Å². The molecule has 0 aliphatic heterocycles. The third-order valence-corrected chi connectivity index (χ3v) is 4.01. The van der Waals surface area contributed by atoms with E-state index in [4.69, 9.17) is 9.47 Å². The number of hydrogen-bond acceptors (Lipinski definition) is 4. The molecule has 0 aromatic heterocycles. The summed E-state index contributed by atoms with van der Waals surface area (Å²) >= 11 is 0. The van der Waals surface area contributed by atoms with Crippen LogP contribution in [0, 0.1) is 5.82 Å². The first-order valence-electron chi connectivity index (χ1n) is 6.43. The molecule has 2 aromatic carbocycles. The molecule has 0 bridgehead atoms. The van der Waals surface area contributed by atoms with Gasteiger partial charge in [-0.25, -0.2) is 4.39 Å². The highest BCUT2D eigenvalue weighted by Gasteiger charge is 2.15. The highest BCUT2D eigenvalue weighted by molar-refractivity contribution is 7.84. The Labute approximate surface area is 130 Å². The molecule has 0 N–H and O–H groups in total. The van der Waals surface area contributed by atoms with Crippen molar-refractivity contribution in [3.05, 3.63) is 53.3 Å². The molecule has 0 aliphatic carbocycles. The van der Waals surface area contributed by atoms with Gasteiger partial charge in [-0.1, -0.05) is 12.1 Å². The molecule has 22 heavy (non-hydrogen) atoms. The molecule has 2 rings (SSSR count). The van der Waals surface area contributed by atoms with E-state index in [0.717, 1.165) is 10.5 Å². The Hall–Kier alpha value is -2.21. The third kappa shape index (κ3) is 3.51. The Morgan fingerprint density at radius 3 is 2.41 bits per heavy atom. The van der Waals surface area contributed by atoms with Crippen molar-refractivity contribution in [2.24, 2.45) is 0 Å².